The number of nitrogens with two attached hydrogens (primary N) is 2. The van der Waals surface area contributed by atoms with Crippen molar-refractivity contribution < 1.29 is 67.4 Å². The number of rotatable bonds is 14. The van der Waals surface area contributed by atoms with E-state index in [1.807, 2.05) is 0 Å². The SMILES string of the molecule is CC[C@H](C)[C@@H]1NC(=O)CNC(=O)C2CC(=O)[C@H]([C@@H](C)[C@@H](O)CO)NC(=O)[C@@H]3CC(O)CN3C(=O)[C@H](CC(N)=O)CC(=O)C(C[S@@](=O)c3[nH]c4cc(OCCSSCCN)ccc4c3C2)NC(=O)CNC1=O. The van der Waals surface area contributed by atoms with Gasteiger partial charge in [0.2, 0.25) is 41.4 Å². The zero-order chi connectivity index (χ0) is 52.1. The highest BCUT2D eigenvalue weighted by Crippen LogP contribution is 2.33. The molecule has 26 heteroatoms. The Labute approximate surface area is 420 Å². The quantitative estimate of drug-likeness (QED) is 0.0676. The molecule has 392 valence electrons. The van der Waals surface area contributed by atoms with E-state index < -0.39 is 175 Å². The molecule has 0 saturated carbocycles. The van der Waals surface area contributed by atoms with Crippen LogP contribution in [-0.4, -0.2) is 175 Å². The van der Waals surface area contributed by atoms with Crippen LogP contribution in [0.5, 0.6) is 5.75 Å². The first-order chi connectivity index (χ1) is 33.8. The largest absolute Gasteiger partial charge is 0.493 e. The second-order valence-electron chi connectivity index (χ2n) is 18.0. The third kappa shape index (κ3) is 15.2. The van der Waals surface area contributed by atoms with Crippen LogP contribution in [0, 0.1) is 23.7 Å². The number of primary amides is 1. The Morgan fingerprint density at radius 1 is 0.915 bits per heavy atom. The fraction of sp³-hybridized carbons (Fsp3) is 0.622. The normalized spacial score (nSPS) is 27.1. The molecule has 0 radical (unpaired) electrons. The number of carbonyl (C=O) groups excluding carboxylic acids is 9. The fourth-order valence-electron chi connectivity index (χ4n) is 8.70. The van der Waals surface area contributed by atoms with Crippen LogP contribution >= 0.6 is 21.6 Å². The number of Topliss-reactive ketones (excluding diaryl/α,β-unsaturated/α-hetero) is 2. The third-order valence-electron chi connectivity index (χ3n) is 12.8. The Kier molecular flexibility index (Phi) is 21.2. The molecule has 2 bridgehead atoms. The number of hydrogen-bond acceptors (Lipinski definition) is 17. The Hall–Kier alpha value is -5.12. The van der Waals surface area contributed by atoms with E-state index in [1.165, 1.54) is 6.92 Å². The molecule has 1 aromatic carbocycles. The second kappa shape index (κ2) is 26.5. The van der Waals surface area contributed by atoms with Crippen molar-refractivity contribution in [2.75, 3.05) is 56.7 Å². The number of benzene rings is 1. The molecule has 71 heavy (non-hydrogen) atoms. The number of ether oxygens (including phenoxy) is 1. The summed E-state index contributed by atoms with van der Waals surface area (Å²) in [5, 5.41) is 44.7. The number of ketones is 2. The monoisotopic (exact) mass is 1050 g/mol. The fourth-order valence-corrected chi connectivity index (χ4v) is 11.8. The van der Waals surface area contributed by atoms with Crippen LogP contribution in [0.25, 0.3) is 10.9 Å². The van der Waals surface area contributed by atoms with E-state index in [-0.39, 0.29) is 23.4 Å². The van der Waals surface area contributed by atoms with Gasteiger partial charge in [-0.25, -0.2) is 0 Å². The molecule has 0 spiro atoms. The van der Waals surface area contributed by atoms with Crippen LogP contribution in [0.2, 0.25) is 0 Å². The predicted molar refractivity (Wildman–Crippen MR) is 262 cm³/mol. The van der Waals surface area contributed by atoms with Crippen molar-refractivity contribution in [3.63, 3.8) is 0 Å². The lowest BCUT2D eigenvalue weighted by molar-refractivity contribution is -0.145. The first kappa shape index (κ1) is 56.8. The molecule has 2 aromatic rings. The van der Waals surface area contributed by atoms with Gasteiger partial charge in [-0.05, 0) is 30.0 Å². The topological polar surface area (TPSA) is 372 Å². The lowest BCUT2D eigenvalue weighted by Gasteiger charge is -2.32. The predicted octanol–water partition coefficient (Wildman–Crippen LogP) is -2.73. The van der Waals surface area contributed by atoms with Gasteiger partial charge in [-0.2, -0.15) is 0 Å². The van der Waals surface area contributed by atoms with Crippen LogP contribution in [0.3, 0.4) is 0 Å². The van der Waals surface area contributed by atoms with Gasteiger partial charge in [0.25, 0.3) is 0 Å². The number of nitrogens with zero attached hydrogens (tertiary/aromatic N) is 1. The number of aliphatic hydroxyl groups excluding tert-OH is 3. The van der Waals surface area contributed by atoms with Gasteiger partial charge in [0.15, 0.2) is 11.6 Å². The zero-order valence-corrected chi connectivity index (χ0v) is 42.2. The summed E-state index contributed by atoms with van der Waals surface area (Å²) in [7, 11) is 0.860. The molecule has 11 atom stereocenters. The van der Waals surface area contributed by atoms with Crippen molar-refractivity contribution in [1.29, 1.82) is 0 Å². The number of fused-ring (bicyclic) bond motifs is 5. The van der Waals surface area contributed by atoms with Crippen molar-refractivity contribution in [2.45, 2.75) is 101 Å². The molecule has 3 aliphatic rings. The Bertz CT molecular complexity index is 2340. The number of nitrogens with one attached hydrogen (secondary N) is 6. The van der Waals surface area contributed by atoms with Gasteiger partial charge >= 0.3 is 0 Å². The maximum Gasteiger partial charge on any atom is 0.243 e. The van der Waals surface area contributed by atoms with Crippen LogP contribution in [0.4, 0.5) is 0 Å². The Morgan fingerprint density at radius 3 is 2.28 bits per heavy atom. The number of carbonyl (C=O) groups is 9. The third-order valence-corrected chi connectivity index (χ3v) is 16.7. The average molecular weight is 1050 g/mol. The summed E-state index contributed by atoms with van der Waals surface area (Å²) in [5.41, 5.74) is 11.7. The minimum Gasteiger partial charge on any atom is -0.493 e. The van der Waals surface area contributed by atoms with E-state index in [4.69, 9.17) is 16.2 Å². The van der Waals surface area contributed by atoms with Gasteiger partial charge in [0, 0.05) is 73.6 Å². The van der Waals surface area contributed by atoms with Crippen LogP contribution in [-0.2, 0) is 60.4 Å². The lowest BCUT2D eigenvalue weighted by atomic mass is 9.85. The molecule has 5 rings (SSSR count). The van der Waals surface area contributed by atoms with Crippen molar-refractivity contribution in [2.24, 2.45) is 35.1 Å². The van der Waals surface area contributed by atoms with Crippen molar-refractivity contribution >= 4 is 96.2 Å². The first-order valence-corrected chi connectivity index (χ1v) is 27.2. The Morgan fingerprint density at radius 2 is 1.61 bits per heavy atom. The highest BCUT2D eigenvalue weighted by molar-refractivity contribution is 8.76. The van der Waals surface area contributed by atoms with E-state index in [9.17, 15) is 62.7 Å². The second-order valence-corrected chi connectivity index (χ2v) is 22.2. The maximum atomic E-state index is 14.9. The van der Waals surface area contributed by atoms with Crippen molar-refractivity contribution in [3.05, 3.63) is 23.8 Å². The van der Waals surface area contributed by atoms with Crippen LogP contribution in [0.1, 0.15) is 58.4 Å². The molecule has 1 saturated heterocycles. The molecule has 3 unspecified atom stereocenters. The van der Waals surface area contributed by atoms with Gasteiger partial charge in [-0.1, -0.05) is 48.8 Å². The summed E-state index contributed by atoms with van der Waals surface area (Å²) in [6.45, 7) is 2.90. The molecule has 1 aromatic heterocycles. The van der Waals surface area contributed by atoms with Gasteiger partial charge in [0.1, 0.15) is 22.9 Å². The lowest BCUT2D eigenvalue weighted by Crippen LogP contribution is -2.56. The molecular weight excluding hydrogens is 987 g/mol. The first-order valence-electron chi connectivity index (χ1n) is 23.4. The number of aromatic nitrogens is 1. The smallest absolute Gasteiger partial charge is 0.243 e. The van der Waals surface area contributed by atoms with Crippen molar-refractivity contribution in [3.8, 4) is 5.75 Å². The summed E-state index contributed by atoms with van der Waals surface area (Å²) in [6.07, 6.45) is -5.47. The molecule has 1 fully saturated rings. The van der Waals surface area contributed by atoms with Gasteiger partial charge in [-0.15, -0.1) is 0 Å². The molecule has 23 nitrogen and oxygen atoms in total. The highest BCUT2D eigenvalue weighted by atomic mass is 33.1. The van der Waals surface area contributed by atoms with Crippen LogP contribution in [0.15, 0.2) is 23.2 Å². The van der Waals surface area contributed by atoms with E-state index >= 15 is 0 Å². The molecule has 0 aliphatic carbocycles. The molecule has 3 aliphatic heterocycles. The number of hydrogen-bond donors (Lipinski definition) is 11. The number of aliphatic hydroxyl groups is 3. The van der Waals surface area contributed by atoms with E-state index in [1.54, 1.807) is 53.6 Å². The summed E-state index contributed by atoms with van der Waals surface area (Å²) in [5.74, 6) is -11.7. The van der Waals surface area contributed by atoms with Crippen LogP contribution < -0.4 is 42.8 Å². The van der Waals surface area contributed by atoms with E-state index in [2.05, 4.69) is 31.6 Å². The summed E-state index contributed by atoms with van der Waals surface area (Å²) in [4.78, 5) is 130. The summed E-state index contributed by atoms with van der Waals surface area (Å²) in [6, 6.07) is -1.12. The Balaban J connectivity index is 1.72. The number of amides is 7. The minimum absolute atomic E-state index is 0.0413. The molecule has 7 amide bonds. The van der Waals surface area contributed by atoms with E-state index in [0.29, 0.717) is 42.0 Å². The van der Waals surface area contributed by atoms with E-state index in [0.717, 1.165) is 10.7 Å². The standard InChI is InChI=1S/C45H65N9O14S3/c1-4-22(2)39-43(65)49-17-37(61)50-31-21-71(67)44-29(28-6-5-27(16-30(28)51-44)68-8-10-70-69-9-7-46)11-24(41(63)48-18-38(62)52-39)12-34(58)40(23(3)35(59)20-55)53-42(64)32-15-26(56)19-54(32)45(66)25(13-33(31)57)14-36(47)60/h5-6,16,22-26,31-32,35,39-40,51,55-56,59H,4,7-15,17-21,46H2,1-3H3,(H2,47,60)(H,48,63)(H,49,65)(H,50,61)(H,52,62)(H,53,64)/t22-,23-,24?,25-,26?,31?,32-,35-,39-,40-,71+/m0/s1. The average Bonchev–Trinajstić information content (AvgIpc) is 3.91. The van der Waals surface area contributed by atoms with Gasteiger partial charge in [-0.3, -0.25) is 47.4 Å². The van der Waals surface area contributed by atoms with Gasteiger partial charge < -0.3 is 68.0 Å². The number of H-pyrrole nitrogens is 1. The zero-order valence-electron chi connectivity index (χ0n) is 39.8. The van der Waals surface area contributed by atoms with Gasteiger partial charge in [0.05, 0.1) is 78.6 Å². The highest BCUT2D eigenvalue weighted by Gasteiger charge is 2.45. The maximum absolute atomic E-state index is 14.9. The summed E-state index contributed by atoms with van der Waals surface area (Å²) >= 11 is 0. The number of aromatic amines is 1. The minimum atomic E-state index is -2.30. The summed E-state index contributed by atoms with van der Waals surface area (Å²) < 4.78 is 20.9. The molecule has 13 N–H and O–H groups in total. The molecular formula is C45H65N9O14S3. The molecule has 4 heterocycles. The van der Waals surface area contributed by atoms with Crippen molar-refractivity contribution in [1.82, 2.24) is 36.5 Å².